The summed E-state index contributed by atoms with van der Waals surface area (Å²) >= 11 is 0. The van der Waals surface area contributed by atoms with E-state index >= 15 is 0 Å². The maximum Gasteiger partial charge on any atom is 0.266 e. The maximum atomic E-state index is 12.9. The van der Waals surface area contributed by atoms with Crippen LogP contribution >= 0.6 is 0 Å². The molecule has 1 unspecified atom stereocenters. The average molecular weight is 397 g/mol. The fraction of sp³-hybridized carbons (Fsp3) is 0.476. The van der Waals surface area contributed by atoms with E-state index in [0.29, 0.717) is 19.5 Å². The molecule has 0 saturated carbocycles. The van der Waals surface area contributed by atoms with E-state index in [-0.39, 0.29) is 5.91 Å². The van der Waals surface area contributed by atoms with Gasteiger partial charge in [0.25, 0.3) is 5.91 Å². The Balaban J connectivity index is 1.29. The third kappa shape index (κ3) is 4.27. The van der Waals surface area contributed by atoms with Crippen molar-refractivity contribution in [3.05, 3.63) is 47.8 Å². The number of ether oxygens (including phenoxy) is 1. The topological polar surface area (TPSA) is 72.2 Å². The number of oxime groups is 1. The second kappa shape index (κ2) is 8.65. The Morgan fingerprint density at radius 2 is 2.03 bits per heavy atom. The third-order valence-electron chi connectivity index (χ3n) is 5.46. The Morgan fingerprint density at radius 1 is 1.24 bits per heavy atom. The van der Waals surface area contributed by atoms with Crippen LogP contribution in [-0.4, -0.2) is 70.6 Å². The zero-order valence-electron chi connectivity index (χ0n) is 17.0. The van der Waals surface area contributed by atoms with E-state index in [9.17, 15) is 4.79 Å². The predicted molar refractivity (Wildman–Crippen MR) is 109 cm³/mol. The summed E-state index contributed by atoms with van der Waals surface area (Å²) in [5.74, 6) is 0.750. The van der Waals surface area contributed by atoms with Crippen LogP contribution in [0.5, 0.6) is 5.75 Å². The molecule has 2 aliphatic heterocycles. The van der Waals surface area contributed by atoms with E-state index < -0.39 is 6.10 Å². The number of carbonyl (C=O) groups is 1. The highest BCUT2D eigenvalue weighted by Crippen LogP contribution is 2.25. The fourth-order valence-electron chi connectivity index (χ4n) is 3.80. The van der Waals surface area contributed by atoms with Crippen LogP contribution in [0.15, 0.2) is 41.8 Å². The van der Waals surface area contributed by atoms with Crippen molar-refractivity contribution < 1.29 is 14.4 Å². The van der Waals surface area contributed by atoms with Crippen molar-refractivity contribution >= 4 is 11.6 Å². The molecule has 1 atom stereocenters. The number of methoxy groups -OCH3 is 1. The first-order chi connectivity index (χ1) is 14.2. The van der Waals surface area contributed by atoms with Crippen LogP contribution in [0.1, 0.15) is 24.5 Å². The van der Waals surface area contributed by atoms with E-state index in [1.807, 2.05) is 40.0 Å². The molecule has 1 aromatic carbocycles. The van der Waals surface area contributed by atoms with E-state index in [4.69, 9.17) is 9.57 Å². The first-order valence-electron chi connectivity index (χ1n) is 10.1. The highest BCUT2D eigenvalue weighted by Gasteiger charge is 2.34. The molecule has 4 rings (SSSR count). The molecule has 3 heterocycles. The van der Waals surface area contributed by atoms with Crippen LogP contribution in [-0.2, 0) is 22.7 Å². The largest absolute Gasteiger partial charge is 0.496 e. The fourth-order valence-corrected chi connectivity index (χ4v) is 3.80. The molecule has 2 aliphatic rings. The number of hydrogen-bond donors (Lipinski definition) is 0. The van der Waals surface area contributed by atoms with Gasteiger partial charge in [-0.3, -0.25) is 14.4 Å². The van der Waals surface area contributed by atoms with Gasteiger partial charge in [0, 0.05) is 63.0 Å². The van der Waals surface area contributed by atoms with Crippen molar-refractivity contribution in [2.24, 2.45) is 5.16 Å². The van der Waals surface area contributed by atoms with E-state index in [1.165, 1.54) is 5.56 Å². The summed E-state index contributed by atoms with van der Waals surface area (Å²) in [5.41, 5.74) is 2.84. The Morgan fingerprint density at radius 3 is 2.76 bits per heavy atom. The zero-order chi connectivity index (χ0) is 20.2. The SMILES string of the molecule is CCn1cc(CN2CCN(C(=O)C3CC(c4ccccc4OC)=NO3)CC2)cn1. The molecule has 1 fully saturated rings. The molecular formula is C21H27N5O3. The first-order valence-corrected chi connectivity index (χ1v) is 10.1. The second-order valence-electron chi connectivity index (χ2n) is 7.34. The maximum absolute atomic E-state index is 12.9. The van der Waals surface area contributed by atoms with Crippen LogP contribution in [0.4, 0.5) is 0 Å². The molecule has 154 valence electrons. The van der Waals surface area contributed by atoms with Crippen molar-refractivity contribution in [3.8, 4) is 5.75 Å². The summed E-state index contributed by atoms with van der Waals surface area (Å²) in [6.45, 7) is 6.90. The molecule has 0 spiro atoms. The number of carbonyl (C=O) groups excluding carboxylic acids is 1. The number of rotatable bonds is 6. The highest BCUT2D eigenvalue weighted by molar-refractivity contribution is 6.05. The molecule has 1 aromatic heterocycles. The molecule has 0 aliphatic carbocycles. The molecule has 2 aromatic rings. The molecule has 0 bridgehead atoms. The lowest BCUT2D eigenvalue weighted by molar-refractivity contribution is -0.143. The molecule has 8 heteroatoms. The van der Waals surface area contributed by atoms with Gasteiger partial charge in [-0.05, 0) is 19.1 Å². The van der Waals surface area contributed by atoms with E-state index in [1.54, 1.807) is 7.11 Å². The Hall–Kier alpha value is -2.87. The minimum atomic E-state index is -0.552. The molecule has 1 amide bonds. The smallest absolute Gasteiger partial charge is 0.266 e. The van der Waals surface area contributed by atoms with Gasteiger partial charge in [0.15, 0.2) is 0 Å². The summed E-state index contributed by atoms with van der Waals surface area (Å²) in [6, 6.07) is 7.66. The molecule has 1 saturated heterocycles. The second-order valence-corrected chi connectivity index (χ2v) is 7.34. The number of para-hydroxylation sites is 1. The number of amides is 1. The number of piperazine rings is 1. The normalized spacial score (nSPS) is 19.7. The highest BCUT2D eigenvalue weighted by atomic mass is 16.6. The summed E-state index contributed by atoms with van der Waals surface area (Å²) < 4.78 is 7.33. The quantitative estimate of drug-likeness (QED) is 0.743. The van der Waals surface area contributed by atoms with E-state index in [0.717, 1.165) is 43.2 Å². The first kappa shape index (κ1) is 19.4. The standard InChI is InChI=1S/C21H27N5O3/c1-3-26-15-16(13-22-26)14-24-8-10-25(11-9-24)21(27)20-12-18(23-29-20)17-6-4-5-7-19(17)28-2/h4-7,13,15,20H,3,8-12,14H2,1-2H3. The van der Waals surface area contributed by atoms with Crippen LogP contribution in [0.2, 0.25) is 0 Å². The van der Waals surface area contributed by atoms with Crippen molar-refractivity contribution in [1.82, 2.24) is 19.6 Å². The van der Waals surface area contributed by atoms with Crippen molar-refractivity contribution in [3.63, 3.8) is 0 Å². The predicted octanol–water partition coefficient (Wildman–Crippen LogP) is 1.75. The molecule has 8 nitrogen and oxygen atoms in total. The van der Waals surface area contributed by atoms with Gasteiger partial charge in [0.05, 0.1) is 19.0 Å². The summed E-state index contributed by atoms with van der Waals surface area (Å²) in [7, 11) is 1.63. The van der Waals surface area contributed by atoms with Gasteiger partial charge in [-0.25, -0.2) is 0 Å². The Labute approximate surface area is 170 Å². The molecular weight excluding hydrogens is 370 g/mol. The zero-order valence-corrected chi connectivity index (χ0v) is 17.0. The minimum Gasteiger partial charge on any atom is -0.496 e. The third-order valence-corrected chi connectivity index (χ3v) is 5.46. The van der Waals surface area contributed by atoms with Crippen LogP contribution < -0.4 is 4.74 Å². The summed E-state index contributed by atoms with van der Waals surface area (Å²) in [6.07, 6.45) is 3.92. The number of aryl methyl sites for hydroxylation is 1. The van der Waals surface area contributed by atoms with Gasteiger partial charge in [-0.1, -0.05) is 17.3 Å². The number of hydrogen-bond acceptors (Lipinski definition) is 6. The lowest BCUT2D eigenvalue weighted by atomic mass is 10.0. The lowest BCUT2D eigenvalue weighted by Crippen LogP contribution is -2.51. The van der Waals surface area contributed by atoms with Crippen molar-refractivity contribution in [2.75, 3.05) is 33.3 Å². The van der Waals surface area contributed by atoms with E-state index in [2.05, 4.69) is 28.3 Å². The van der Waals surface area contributed by atoms with Gasteiger partial charge in [0.2, 0.25) is 6.10 Å². The minimum absolute atomic E-state index is 0.0112. The number of aromatic nitrogens is 2. The Kier molecular flexibility index (Phi) is 5.80. The van der Waals surface area contributed by atoms with Crippen molar-refractivity contribution in [2.45, 2.75) is 32.5 Å². The summed E-state index contributed by atoms with van der Waals surface area (Å²) in [4.78, 5) is 22.6. The van der Waals surface area contributed by atoms with Crippen molar-refractivity contribution in [1.29, 1.82) is 0 Å². The van der Waals surface area contributed by atoms with Crippen LogP contribution in [0.3, 0.4) is 0 Å². The monoisotopic (exact) mass is 397 g/mol. The van der Waals surface area contributed by atoms with Gasteiger partial charge in [-0.15, -0.1) is 0 Å². The number of nitrogens with zero attached hydrogens (tertiary/aromatic N) is 5. The Bertz CT molecular complexity index is 886. The summed E-state index contributed by atoms with van der Waals surface area (Å²) in [5, 5.41) is 8.49. The van der Waals surface area contributed by atoms with Gasteiger partial charge in [0.1, 0.15) is 5.75 Å². The average Bonchev–Trinajstić information content (AvgIpc) is 3.43. The lowest BCUT2D eigenvalue weighted by Gasteiger charge is -2.35. The van der Waals surface area contributed by atoms with Gasteiger partial charge >= 0.3 is 0 Å². The van der Waals surface area contributed by atoms with Crippen LogP contribution in [0, 0.1) is 0 Å². The molecule has 0 N–H and O–H groups in total. The van der Waals surface area contributed by atoms with Gasteiger partial charge < -0.3 is 14.5 Å². The van der Waals surface area contributed by atoms with Crippen LogP contribution in [0.25, 0.3) is 0 Å². The van der Waals surface area contributed by atoms with Gasteiger partial charge in [-0.2, -0.15) is 5.10 Å². The number of benzene rings is 1. The molecule has 29 heavy (non-hydrogen) atoms. The molecule has 0 radical (unpaired) electrons.